The van der Waals surface area contributed by atoms with Gasteiger partial charge in [-0.3, -0.25) is 0 Å². The average molecular weight is 285 g/mol. The maximum Gasteiger partial charge on any atom is 0.346 e. The number of rotatable bonds is 4. The maximum absolute atomic E-state index is 11.2. The number of esters is 1. The molecule has 0 aliphatic heterocycles. The molecule has 0 heterocycles. The third-order valence-electron chi connectivity index (χ3n) is 2.03. The van der Waals surface area contributed by atoms with Crippen LogP contribution < -0.4 is 4.74 Å². The summed E-state index contributed by atoms with van der Waals surface area (Å²) in [6, 6.07) is 5.49. The highest BCUT2D eigenvalue weighted by molar-refractivity contribution is 9.10. The van der Waals surface area contributed by atoms with Crippen LogP contribution in [0.2, 0.25) is 0 Å². The molecule has 0 N–H and O–H groups in total. The van der Waals surface area contributed by atoms with Crippen molar-refractivity contribution in [2.45, 2.75) is 13.0 Å². The molecule has 1 unspecified atom stereocenters. The molecule has 0 bridgehead atoms. The highest BCUT2D eigenvalue weighted by atomic mass is 79.9. The Morgan fingerprint density at radius 2 is 2.25 bits per heavy atom. The summed E-state index contributed by atoms with van der Waals surface area (Å²) in [5.74, 6) is 0.203. The van der Waals surface area contributed by atoms with Gasteiger partial charge in [0.15, 0.2) is 6.10 Å². The molecule has 1 aromatic carbocycles. The first-order chi connectivity index (χ1) is 7.58. The topological polar surface area (TPSA) is 35.5 Å². The Kier molecular flexibility index (Phi) is 4.55. The van der Waals surface area contributed by atoms with Crippen molar-refractivity contribution < 1.29 is 14.3 Å². The summed E-state index contributed by atoms with van der Waals surface area (Å²) in [7, 11) is 1.33. The van der Waals surface area contributed by atoms with Crippen LogP contribution in [0.25, 0.3) is 6.08 Å². The number of hydrogen-bond acceptors (Lipinski definition) is 3. The van der Waals surface area contributed by atoms with Crippen molar-refractivity contribution in [3.05, 3.63) is 34.8 Å². The van der Waals surface area contributed by atoms with E-state index in [9.17, 15) is 4.79 Å². The Morgan fingerprint density at radius 1 is 1.56 bits per heavy atom. The molecule has 0 aromatic heterocycles. The van der Waals surface area contributed by atoms with E-state index >= 15 is 0 Å². The van der Waals surface area contributed by atoms with Gasteiger partial charge in [0.25, 0.3) is 0 Å². The normalized spacial score (nSPS) is 11.7. The molecule has 0 radical (unpaired) electrons. The lowest BCUT2D eigenvalue weighted by atomic mass is 10.2. The van der Waals surface area contributed by atoms with Crippen LogP contribution in [0.5, 0.6) is 5.75 Å². The summed E-state index contributed by atoms with van der Waals surface area (Å²) < 4.78 is 11.0. The van der Waals surface area contributed by atoms with E-state index < -0.39 is 12.1 Å². The molecule has 0 saturated carbocycles. The summed E-state index contributed by atoms with van der Waals surface area (Å²) in [5, 5.41) is 0. The fourth-order valence-electron chi connectivity index (χ4n) is 1.19. The molecule has 0 spiro atoms. The van der Waals surface area contributed by atoms with E-state index in [0.717, 1.165) is 10.0 Å². The SMILES string of the molecule is C=Cc1cc(Br)ccc1OC(C)C(=O)OC. The smallest absolute Gasteiger partial charge is 0.346 e. The van der Waals surface area contributed by atoms with E-state index in [-0.39, 0.29) is 0 Å². The Bertz CT molecular complexity index is 401. The van der Waals surface area contributed by atoms with Crippen LogP contribution in [0, 0.1) is 0 Å². The fourth-order valence-corrected chi connectivity index (χ4v) is 1.57. The lowest BCUT2D eigenvalue weighted by Crippen LogP contribution is -2.25. The lowest BCUT2D eigenvalue weighted by Gasteiger charge is -2.14. The number of hydrogen-bond donors (Lipinski definition) is 0. The van der Waals surface area contributed by atoms with E-state index in [0.29, 0.717) is 5.75 Å². The maximum atomic E-state index is 11.2. The Hall–Kier alpha value is -1.29. The first kappa shape index (κ1) is 12.8. The van der Waals surface area contributed by atoms with Crippen LogP contribution in [0.15, 0.2) is 29.3 Å². The molecular weight excluding hydrogens is 272 g/mol. The number of carbonyl (C=O) groups excluding carboxylic acids is 1. The first-order valence-corrected chi connectivity index (χ1v) is 5.54. The van der Waals surface area contributed by atoms with E-state index in [2.05, 4.69) is 27.2 Å². The number of methoxy groups -OCH3 is 1. The van der Waals surface area contributed by atoms with Gasteiger partial charge in [0.2, 0.25) is 0 Å². The van der Waals surface area contributed by atoms with Gasteiger partial charge in [-0.2, -0.15) is 0 Å². The van der Waals surface area contributed by atoms with Crippen LogP contribution in [-0.4, -0.2) is 19.2 Å². The third kappa shape index (κ3) is 3.10. The molecular formula is C12H13BrO3. The fraction of sp³-hybridized carbons (Fsp3) is 0.250. The largest absolute Gasteiger partial charge is 0.478 e. The van der Waals surface area contributed by atoms with Gasteiger partial charge in [0.1, 0.15) is 5.75 Å². The number of halogens is 1. The molecule has 86 valence electrons. The molecule has 3 nitrogen and oxygen atoms in total. The number of carbonyl (C=O) groups is 1. The van der Waals surface area contributed by atoms with Crippen LogP contribution in [0.1, 0.15) is 12.5 Å². The molecule has 0 aliphatic rings. The van der Waals surface area contributed by atoms with Crippen molar-refractivity contribution in [3.8, 4) is 5.75 Å². The van der Waals surface area contributed by atoms with Crippen LogP contribution in [0.3, 0.4) is 0 Å². The van der Waals surface area contributed by atoms with Gasteiger partial charge in [0.05, 0.1) is 7.11 Å². The van der Waals surface area contributed by atoms with Gasteiger partial charge < -0.3 is 9.47 Å². The zero-order valence-electron chi connectivity index (χ0n) is 9.20. The van der Waals surface area contributed by atoms with Crippen molar-refractivity contribution >= 4 is 28.0 Å². The van der Waals surface area contributed by atoms with Gasteiger partial charge in [0, 0.05) is 10.0 Å². The molecule has 0 aliphatic carbocycles. The lowest BCUT2D eigenvalue weighted by molar-refractivity contribution is -0.147. The minimum Gasteiger partial charge on any atom is -0.478 e. The number of benzene rings is 1. The summed E-state index contributed by atoms with van der Waals surface area (Å²) >= 11 is 3.35. The second-order valence-corrected chi connectivity index (χ2v) is 4.09. The van der Waals surface area contributed by atoms with E-state index in [4.69, 9.17) is 4.74 Å². The van der Waals surface area contributed by atoms with E-state index in [1.807, 2.05) is 12.1 Å². The highest BCUT2D eigenvalue weighted by Gasteiger charge is 2.15. The van der Waals surface area contributed by atoms with Gasteiger partial charge in [-0.25, -0.2) is 4.79 Å². The van der Waals surface area contributed by atoms with E-state index in [1.165, 1.54) is 7.11 Å². The predicted molar refractivity (Wildman–Crippen MR) is 66.3 cm³/mol. The molecule has 4 heteroatoms. The van der Waals surface area contributed by atoms with Crippen molar-refractivity contribution in [3.63, 3.8) is 0 Å². The van der Waals surface area contributed by atoms with E-state index in [1.54, 1.807) is 19.1 Å². The second-order valence-electron chi connectivity index (χ2n) is 3.17. The quantitative estimate of drug-likeness (QED) is 0.798. The summed E-state index contributed by atoms with van der Waals surface area (Å²) in [6.45, 7) is 5.33. The van der Waals surface area contributed by atoms with Gasteiger partial charge in [-0.05, 0) is 25.1 Å². The van der Waals surface area contributed by atoms with Crippen LogP contribution in [-0.2, 0) is 9.53 Å². The first-order valence-electron chi connectivity index (χ1n) is 4.75. The van der Waals surface area contributed by atoms with Crippen molar-refractivity contribution in [2.24, 2.45) is 0 Å². The molecule has 0 saturated heterocycles. The van der Waals surface area contributed by atoms with Crippen molar-refractivity contribution in [1.82, 2.24) is 0 Å². The zero-order chi connectivity index (χ0) is 12.1. The zero-order valence-corrected chi connectivity index (χ0v) is 10.8. The summed E-state index contributed by atoms with van der Waals surface area (Å²) in [4.78, 5) is 11.2. The second kappa shape index (κ2) is 5.70. The Balaban J connectivity index is 2.88. The average Bonchev–Trinajstić information content (AvgIpc) is 2.30. The molecule has 0 fully saturated rings. The number of ether oxygens (including phenoxy) is 2. The molecule has 0 amide bonds. The van der Waals surface area contributed by atoms with Gasteiger partial charge in [-0.15, -0.1) is 0 Å². The molecule has 16 heavy (non-hydrogen) atoms. The van der Waals surface area contributed by atoms with Crippen molar-refractivity contribution in [1.29, 1.82) is 0 Å². The standard InChI is InChI=1S/C12H13BrO3/c1-4-9-7-10(13)5-6-11(9)16-8(2)12(14)15-3/h4-8H,1H2,2-3H3. The van der Waals surface area contributed by atoms with Gasteiger partial charge >= 0.3 is 5.97 Å². The monoisotopic (exact) mass is 284 g/mol. The van der Waals surface area contributed by atoms with Crippen LogP contribution >= 0.6 is 15.9 Å². The summed E-state index contributed by atoms with van der Waals surface area (Å²) in [6.07, 6.45) is 1.04. The minimum atomic E-state index is -0.634. The highest BCUT2D eigenvalue weighted by Crippen LogP contribution is 2.25. The predicted octanol–water partition coefficient (Wildman–Crippen LogP) is 3.03. The molecule has 1 atom stereocenters. The Labute approximate surface area is 103 Å². The molecule has 1 rings (SSSR count). The van der Waals surface area contributed by atoms with Gasteiger partial charge in [-0.1, -0.05) is 28.6 Å². The minimum absolute atomic E-state index is 0.405. The Morgan fingerprint density at radius 3 is 2.81 bits per heavy atom. The van der Waals surface area contributed by atoms with Crippen LogP contribution in [0.4, 0.5) is 0 Å². The summed E-state index contributed by atoms with van der Waals surface area (Å²) in [5.41, 5.74) is 0.824. The van der Waals surface area contributed by atoms with Crippen molar-refractivity contribution in [2.75, 3.05) is 7.11 Å². The molecule has 1 aromatic rings. The third-order valence-corrected chi connectivity index (χ3v) is 2.52.